The van der Waals surface area contributed by atoms with Gasteiger partial charge in [-0.15, -0.1) is 22.7 Å². The minimum Gasteiger partial charge on any atom is -0.297 e. The van der Waals surface area contributed by atoms with Gasteiger partial charge in [-0.1, -0.05) is 31.2 Å². The summed E-state index contributed by atoms with van der Waals surface area (Å²) in [6.07, 6.45) is 4.47. The molecule has 3 heterocycles. The maximum atomic E-state index is 12.7. The molecule has 7 heteroatoms. The number of amides is 1. The lowest BCUT2D eigenvalue weighted by molar-refractivity contribution is 0.103. The van der Waals surface area contributed by atoms with Gasteiger partial charge in [-0.25, -0.2) is 9.97 Å². The van der Waals surface area contributed by atoms with Crippen molar-refractivity contribution in [1.29, 1.82) is 0 Å². The van der Waals surface area contributed by atoms with Crippen LogP contribution < -0.4 is 5.32 Å². The molecular formula is C21H18N4OS2. The van der Waals surface area contributed by atoms with Crippen molar-refractivity contribution in [2.45, 2.75) is 20.3 Å². The van der Waals surface area contributed by atoms with Crippen LogP contribution in [0, 0.1) is 6.92 Å². The van der Waals surface area contributed by atoms with Gasteiger partial charge in [-0.05, 0) is 31.0 Å². The molecule has 1 N–H and O–H groups in total. The number of hydrogen-bond acceptors (Lipinski definition) is 6. The maximum absolute atomic E-state index is 12.7. The summed E-state index contributed by atoms with van der Waals surface area (Å²) < 4.78 is 0. The predicted octanol–water partition coefficient (Wildman–Crippen LogP) is 5.45. The van der Waals surface area contributed by atoms with Crippen molar-refractivity contribution in [3.8, 4) is 21.8 Å². The number of carbonyl (C=O) groups excluding carboxylic acids is 1. The number of anilines is 1. The monoisotopic (exact) mass is 406 g/mol. The molecule has 0 aliphatic rings. The number of nitrogens with one attached hydrogen (secondary N) is 1. The van der Waals surface area contributed by atoms with Crippen molar-refractivity contribution < 1.29 is 4.79 Å². The second-order valence-corrected chi connectivity index (χ2v) is 8.07. The zero-order chi connectivity index (χ0) is 19.5. The van der Waals surface area contributed by atoms with Crippen LogP contribution in [0.1, 0.15) is 27.9 Å². The van der Waals surface area contributed by atoms with Crippen molar-refractivity contribution in [2.75, 3.05) is 5.32 Å². The third kappa shape index (κ3) is 3.85. The third-order valence-corrected chi connectivity index (χ3v) is 6.26. The van der Waals surface area contributed by atoms with Gasteiger partial charge in [0.2, 0.25) is 0 Å². The first-order valence-electron chi connectivity index (χ1n) is 8.88. The number of rotatable bonds is 5. The SMILES string of the molecule is CCc1ccc(-c2nc(C)c(C(=O)Nc3nc(-c4cccnc4)cs3)s2)cc1. The fraction of sp³-hybridized carbons (Fsp3) is 0.143. The molecule has 0 saturated heterocycles. The van der Waals surface area contributed by atoms with E-state index < -0.39 is 0 Å². The Kier molecular flexibility index (Phi) is 5.27. The van der Waals surface area contributed by atoms with Gasteiger partial charge in [0.05, 0.1) is 11.4 Å². The Bertz CT molecular complexity index is 1100. The van der Waals surface area contributed by atoms with E-state index in [0.29, 0.717) is 10.0 Å². The van der Waals surface area contributed by atoms with E-state index in [0.717, 1.165) is 33.9 Å². The fourth-order valence-electron chi connectivity index (χ4n) is 2.75. The lowest BCUT2D eigenvalue weighted by Gasteiger charge is -2.00. The van der Waals surface area contributed by atoms with E-state index in [4.69, 9.17) is 0 Å². The van der Waals surface area contributed by atoms with Gasteiger partial charge >= 0.3 is 0 Å². The number of pyridine rings is 1. The van der Waals surface area contributed by atoms with E-state index in [1.54, 1.807) is 12.4 Å². The number of aromatic nitrogens is 3. The van der Waals surface area contributed by atoms with E-state index in [1.807, 2.05) is 24.4 Å². The molecule has 0 saturated carbocycles. The Morgan fingerprint density at radius 1 is 1.11 bits per heavy atom. The molecule has 0 spiro atoms. The van der Waals surface area contributed by atoms with Crippen LogP contribution in [0.3, 0.4) is 0 Å². The van der Waals surface area contributed by atoms with Crippen molar-refractivity contribution in [1.82, 2.24) is 15.0 Å². The largest absolute Gasteiger partial charge is 0.297 e. The normalized spacial score (nSPS) is 10.8. The van der Waals surface area contributed by atoms with Gasteiger partial charge in [0, 0.05) is 28.9 Å². The molecule has 0 fully saturated rings. The number of thiazole rings is 2. The van der Waals surface area contributed by atoms with E-state index in [2.05, 4.69) is 51.5 Å². The standard InChI is InChI=1S/C21H18N4OS2/c1-3-14-6-8-15(9-7-14)20-23-13(2)18(28-20)19(26)25-21-24-17(12-27-21)16-5-4-10-22-11-16/h4-12H,3H2,1-2H3,(H,24,25,26). The average Bonchev–Trinajstić information content (AvgIpc) is 3.35. The van der Waals surface area contributed by atoms with Crippen LogP contribution >= 0.6 is 22.7 Å². The molecule has 3 aromatic heterocycles. The highest BCUT2D eigenvalue weighted by Gasteiger charge is 2.18. The van der Waals surface area contributed by atoms with E-state index in [1.165, 1.54) is 28.2 Å². The second kappa shape index (κ2) is 8.00. The van der Waals surface area contributed by atoms with Gasteiger partial charge in [0.1, 0.15) is 9.88 Å². The quantitative estimate of drug-likeness (QED) is 0.478. The molecule has 0 radical (unpaired) electrons. The fourth-order valence-corrected chi connectivity index (χ4v) is 4.43. The third-order valence-electron chi connectivity index (χ3n) is 4.29. The van der Waals surface area contributed by atoms with Crippen LogP contribution in [0.2, 0.25) is 0 Å². The molecule has 1 aromatic carbocycles. The first-order valence-corrected chi connectivity index (χ1v) is 10.6. The van der Waals surface area contributed by atoms with Crippen molar-refractivity contribution >= 4 is 33.7 Å². The Morgan fingerprint density at radius 3 is 2.64 bits per heavy atom. The molecule has 0 atom stereocenters. The molecule has 4 aromatic rings. The first kappa shape index (κ1) is 18.5. The van der Waals surface area contributed by atoms with Gasteiger partial charge in [-0.2, -0.15) is 0 Å². The van der Waals surface area contributed by atoms with Crippen molar-refractivity contribution in [3.63, 3.8) is 0 Å². The summed E-state index contributed by atoms with van der Waals surface area (Å²) in [5.74, 6) is -0.182. The summed E-state index contributed by atoms with van der Waals surface area (Å²) in [5.41, 5.74) is 4.75. The number of benzene rings is 1. The second-order valence-electron chi connectivity index (χ2n) is 6.22. The van der Waals surface area contributed by atoms with Gasteiger partial charge in [0.15, 0.2) is 5.13 Å². The molecule has 0 bridgehead atoms. The Labute approximate surface area is 171 Å². The van der Waals surface area contributed by atoms with E-state index >= 15 is 0 Å². The molecule has 28 heavy (non-hydrogen) atoms. The number of nitrogens with zero attached hydrogens (tertiary/aromatic N) is 3. The molecular weight excluding hydrogens is 388 g/mol. The smallest absolute Gasteiger partial charge is 0.269 e. The van der Waals surface area contributed by atoms with Crippen molar-refractivity contribution in [3.05, 3.63) is 70.3 Å². The topological polar surface area (TPSA) is 67.8 Å². The summed E-state index contributed by atoms with van der Waals surface area (Å²) in [6, 6.07) is 12.1. The number of aryl methyl sites for hydroxylation is 2. The summed E-state index contributed by atoms with van der Waals surface area (Å²) in [5, 5.41) is 6.21. The van der Waals surface area contributed by atoms with Crippen LogP contribution in [-0.4, -0.2) is 20.9 Å². The van der Waals surface area contributed by atoms with E-state index in [9.17, 15) is 4.79 Å². The van der Waals surface area contributed by atoms with Crippen LogP contribution in [-0.2, 0) is 6.42 Å². The zero-order valence-corrected chi connectivity index (χ0v) is 17.1. The summed E-state index contributed by atoms with van der Waals surface area (Å²) in [4.78, 5) is 26.5. The molecule has 0 aliphatic carbocycles. The summed E-state index contributed by atoms with van der Waals surface area (Å²) in [7, 11) is 0. The molecule has 4 rings (SSSR count). The molecule has 1 amide bonds. The van der Waals surface area contributed by atoms with Crippen LogP contribution in [0.15, 0.2) is 54.2 Å². The van der Waals surface area contributed by atoms with Gasteiger partial charge < -0.3 is 0 Å². The summed E-state index contributed by atoms with van der Waals surface area (Å²) in [6.45, 7) is 3.99. The Morgan fingerprint density at radius 2 is 1.93 bits per heavy atom. The predicted molar refractivity (Wildman–Crippen MR) is 115 cm³/mol. The van der Waals surface area contributed by atoms with E-state index in [-0.39, 0.29) is 5.91 Å². The minimum absolute atomic E-state index is 0.182. The molecule has 0 aliphatic heterocycles. The maximum Gasteiger partial charge on any atom is 0.269 e. The first-order chi connectivity index (χ1) is 13.6. The Hall–Kier alpha value is -2.90. The lowest BCUT2D eigenvalue weighted by atomic mass is 10.1. The minimum atomic E-state index is -0.182. The number of hydrogen-bond donors (Lipinski definition) is 1. The molecule has 140 valence electrons. The highest BCUT2D eigenvalue weighted by Crippen LogP contribution is 2.30. The van der Waals surface area contributed by atoms with Crippen molar-refractivity contribution in [2.24, 2.45) is 0 Å². The summed E-state index contributed by atoms with van der Waals surface area (Å²) >= 11 is 2.79. The Balaban J connectivity index is 1.52. The van der Waals surface area contributed by atoms with Crippen LogP contribution in [0.25, 0.3) is 21.8 Å². The lowest BCUT2D eigenvalue weighted by Crippen LogP contribution is -2.11. The van der Waals surface area contributed by atoms with Crippen LogP contribution in [0.5, 0.6) is 0 Å². The average molecular weight is 407 g/mol. The molecule has 5 nitrogen and oxygen atoms in total. The van der Waals surface area contributed by atoms with Gasteiger partial charge in [-0.3, -0.25) is 15.1 Å². The van der Waals surface area contributed by atoms with Crippen LogP contribution in [0.4, 0.5) is 5.13 Å². The zero-order valence-electron chi connectivity index (χ0n) is 15.5. The highest BCUT2D eigenvalue weighted by atomic mass is 32.1. The number of carbonyl (C=O) groups is 1. The van der Waals surface area contributed by atoms with Gasteiger partial charge in [0.25, 0.3) is 5.91 Å². The molecule has 0 unspecified atom stereocenters. The highest BCUT2D eigenvalue weighted by molar-refractivity contribution is 7.17.